The summed E-state index contributed by atoms with van der Waals surface area (Å²) in [5, 5.41) is 14.0. The first-order valence-corrected chi connectivity index (χ1v) is 12.3. The third-order valence-corrected chi connectivity index (χ3v) is 6.34. The van der Waals surface area contributed by atoms with Gasteiger partial charge in [0, 0.05) is 19.7 Å². The Bertz CT molecular complexity index is 1270. The van der Waals surface area contributed by atoms with Crippen molar-refractivity contribution in [2.24, 2.45) is 0 Å². The molecule has 0 saturated carbocycles. The van der Waals surface area contributed by atoms with Gasteiger partial charge < -0.3 is 24.0 Å². The van der Waals surface area contributed by atoms with Crippen molar-refractivity contribution in [1.82, 2.24) is 19.9 Å². The van der Waals surface area contributed by atoms with Crippen LogP contribution in [-0.2, 0) is 17.6 Å². The van der Waals surface area contributed by atoms with Crippen molar-refractivity contribution in [3.63, 3.8) is 0 Å². The van der Waals surface area contributed by atoms with Gasteiger partial charge in [0.25, 0.3) is 0 Å². The lowest BCUT2D eigenvalue weighted by molar-refractivity contribution is -0.130. The SMILES string of the molecule is CCOc1ccc(Cc2nc(-c3cccc4c3CCC4N(CC(=O)N(C)C)C(=O)O)no2)cc1OCC. The van der Waals surface area contributed by atoms with Gasteiger partial charge in [-0.15, -0.1) is 0 Å². The number of hydrogen-bond donors (Lipinski definition) is 1. The first kappa shape index (κ1) is 26.0. The summed E-state index contributed by atoms with van der Waals surface area (Å²) in [4.78, 5) is 31.5. The summed E-state index contributed by atoms with van der Waals surface area (Å²) in [6, 6.07) is 11.0. The maximum atomic E-state index is 12.2. The number of nitrogens with zero attached hydrogens (tertiary/aromatic N) is 4. The van der Waals surface area contributed by atoms with Crippen LogP contribution >= 0.6 is 0 Å². The Morgan fingerprint density at radius 3 is 2.57 bits per heavy atom. The molecule has 1 unspecified atom stereocenters. The van der Waals surface area contributed by atoms with Crippen LogP contribution in [0.2, 0.25) is 0 Å². The first-order valence-electron chi connectivity index (χ1n) is 12.3. The number of fused-ring (bicyclic) bond motifs is 1. The Kier molecular flexibility index (Phi) is 7.95. The predicted octanol–water partition coefficient (Wildman–Crippen LogP) is 4.18. The molecule has 0 bridgehead atoms. The molecule has 10 heteroatoms. The van der Waals surface area contributed by atoms with Gasteiger partial charge in [-0.05, 0) is 55.5 Å². The Morgan fingerprint density at radius 2 is 1.86 bits per heavy atom. The van der Waals surface area contributed by atoms with Crippen LogP contribution in [0.15, 0.2) is 40.9 Å². The normalized spacial score (nSPS) is 14.2. The zero-order valence-corrected chi connectivity index (χ0v) is 21.6. The Hall–Kier alpha value is -4.08. The number of carbonyl (C=O) groups excluding carboxylic acids is 1. The standard InChI is InChI=1S/C27H32N4O6/c1-5-35-22-13-10-17(14-23(22)36-6-2)15-24-28-26(29-37-24)20-9-7-8-19-18(20)11-12-21(19)31(27(33)34)16-25(32)30(3)4/h7-10,13-14,21H,5-6,11-12,15-16H2,1-4H3,(H,33,34). The van der Waals surface area contributed by atoms with Crippen molar-refractivity contribution >= 4 is 12.0 Å². The highest BCUT2D eigenvalue weighted by atomic mass is 16.5. The summed E-state index contributed by atoms with van der Waals surface area (Å²) in [6.07, 6.45) is 0.533. The van der Waals surface area contributed by atoms with Gasteiger partial charge in [-0.3, -0.25) is 9.69 Å². The average molecular weight is 509 g/mol. The number of benzene rings is 2. The molecule has 1 aliphatic carbocycles. The Morgan fingerprint density at radius 1 is 1.11 bits per heavy atom. The fraction of sp³-hybridized carbons (Fsp3) is 0.407. The molecule has 0 saturated heterocycles. The van der Waals surface area contributed by atoms with Gasteiger partial charge >= 0.3 is 6.09 Å². The van der Waals surface area contributed by atoms with Gasteiger partial charge in [-0.1, -0.05) is 29.4 Å². The molecule has 1 heterocycles. The lowest BCUT2D eigenvalue weighted by Gasteiger charge is -2.27. The second kappa shape index (κ2) is 11.3. The van der Waals surface area contributed by atoms with Gasteiger partial charge in [0.05, 0.1) is 25.7 Å². The van der Waals surface area contributed by atoms with Gasteiger partial charge in [-0.25, -0.2) is 4.79 Å². The van der Waals surface area contributed by atoms with Gasteiger partial charge in [0.2, 0.25) is 17.6 Å². The number of likely N-dealkylation sites (N-methyl/N-ethyl adjacent to an activating group) is 1. The van der Waals surface area contributed by atoms with Crippen LogP contribution in [0.3, 0.4) is 0 Å². The van der Waals surface area contributed by atoms with Crippen molar-refractivity contribution < 1.29 is 28.7 Å². The lowest BCUT2D eigenvalue weighted by atomic mass is 10.0. The van der Waals surface area contributed by atoms with Crippen molar-refractivity contribution in [2.45, 2.75) is 39.2 Å². The molecule has 0 radical (unpaired) electrons. The van der Waals surface area contributed by atoms with Crippen LogP contribution in [0.5, 0.6) is 11.5 Å². The quantitative estimate of drug-likeness (QED) is 0.433. The second-order valence-electron chi connectivity index (χ2n) is 8.96. The fourth-order valence-electron chi connectivity index (χ4n) is 4.58. The molecular weight excluding hydrogens is 476 g/mol. The van der Waals surface area contributed by atoms with E-state index in [-0.39, 0.29) is 12.5 Å². The molecule has 2 aromatic carbocycles. The monoisotopic (exact) mass is 508 g/mol. The Labute approximate surface area is 215 Å². The Balaban J connectivity index is 1.57. The van der Waals surface area contributed by atoms with Crippen molar-refractivity contribution in [3.8, 4) is 22.9 Å². The summed E-state index contributed by atoms with van der Waals surface area (Å²) in [6.45, 7) is 4.72. The molecule has 4 rings (SSSR count). The number of aromatic nitrogens is 2. The molecule has 1 aromatic heterocycles. The minimum absolute atomic E-state index is 0.200. The maximum Gasteiger partial charge on any atom is 0.408 e. The molecule has 3 aromatic rings. The molecule has 1 N–H and O–H groups in total. The average Bonchev–Trinajstić information content (AvgIpc) is 3.51. The molecule has 37 heavy (non-hydrogen) atoms. The molecule has 1 atom stereocenters. The topological polar surface area (TPSA) is 118 Å². The minimum atomic E-state index is -1.12. The number of rotatable bonds is 10. The van der Waals surface area contributed by atoms with E-state index >= 15 is 0 Å². The van der Waals surface area contributed by atoms with Gasteiger partial charge in [0.15, 0.2) is 11.5 Å². The van der Waals surface area contributed by atoms with Gasteiger partial charge in [0.1, 0.15) is 6.54 Å². The van der Waals surface area contributed by atoms with Crippen LogP contribution < -0.4 is 9.47 Å². The van der Waals surface area contributed by atoms with E-state index in [0.29, 0.717) is 55.7 Å². The van der Waals surface area contributed by atoms with Crippen LogP contribution in [0.4, 0.5) is 4.79 Å². The van der Waals surface area contributed by atoms with Crippen molar-refractivity contribution in [1.29, 1.82) is 0 Å². The predicted molar refractivity (Wildman–Crippen MR) is 136 cm³/mol. The minimum Gasteiger partial charge on any atom is -0.490 e. The van der Waals surface area contributed by atoms with E-state index in [1.165, 1.54) is 9.80 Å². The summed E-state index contributed by atoms with van der Waals surface area (Å²) >= 11 is 0. The summed E-state index contributed by atoms with van der Waals surface area (Å²) in [7, 11) is 3.23. The zero-order chi connectivity index (χ0) is 26.5. The number of carboxylic acid groups (broad SMARTS) is 1. The molecular formula is C27H32N4O6. The second-order valence-corrected chi connectivity index (χ2v) is 8.96. The summed E-state index contributed by atoms with van der Waals surface area (Å²) < 4.78 is 16.9. The highest BCUT2D eigenvalue weighted by Crippen LogP contribution is 2.40. The fourth-order valence-corrected chi connectivity index (χ4v) is 4.58. The molecule has 0 fully saturated rings. The third-order valence-electron chi connectivity index (χ3n) is 6.34. The molecule has 0 spiro atoms. The van der Waals surface area contributed by atoms with E-state index in [2.05, 4.69) is 10.1 Å². The molecule has 1 aliphatic rings. The summed E-state index contributed by atoms with van der Waals surface area (Å²) in [5.41, 5.74) is 3.60. The van der Waals surface area contributed by atoms with E-state index in [1.54, 1.807) is 14.1 Å². The summed E-state index contributed by atoms with van der Waals surface area (Å²) in [5.74, 6) is 2.00. The van der Waals surface area contributed by atoms with Crippen molar-refractivity contribution in [2.75, 3.05) is 33.9 Å². The van der Waals surface area contributed by atoms with Crippen LogP contribution in [0.25, 0.3) is 11.4 Å². The highest BCUT2D eigenvalue weighted by Gasteiger charge is 2.34. The highest BCUT2D eigenvalue weighted by molar-refractivity contribution is 5.82. The molecule has 196 valence electrons. The molecule has 2 amide bonds. The van der Waals surface area contributed by atoms with E-state index in [0.717, 1.165) is 22.3 Å². The van der Waals surface area contributed by atoms with Crippen LogP contribution in [0.1, 0.15) is 48.9 Å². The number of ether oxygens (including phenoxy) is 2. The lowest BCUT2D eigenvalue weighted by Crippen LogP contribution is -2.41. The van der Waals surface area contributed by atoms with E-state index in [9.17, 15) is 14.7 Å². The zero-order valence-electron chi connectivity index (χ0n) is 21.6. The maximum absolute atomic E-state index is 12.2. The van der Waals surface area contributed by atoms with E-state index in [4.69, 9.17) is 14.0 Å². The first-order chi connectivity index (χ1) is 17.8. The van der Waals surface area contributed by atoms with E-state index < -0.39 is 12.1 Å². The van der Waals surface area contributed by atoms with Crippen molar-refractivity contribution in [3.05, 3.63) is 59.0 Å². The van der Waals surface area contributed by atoms with E-state index in [1.807, 2.05) is 50.2 Å². The number of hydrogen-bond acceptors (Lipinski definition) is 7. The largest absolute Gasteiger partial charge is 0.490 e. The number of amides is 2. The van der Waals surface area contributed by atoms with Gasteiger partial charge in [-0.2, -0.15) is 4.98 Å². The smallest absolute Gasteiger partial charge is 0.408 e. The third kappa shape index (κ3) is 5.68. The van der Waals surface area contributed by atoms with Crippen LogP contribution in [-0.4, -0.2) is 70.9 Å². The molecule has 0 aliphatic heterocycles. The number of carbonyl (C=O) groups is 2. The molecule has 10 nitrogen and oxygen atoms in total. The van der Waals surface area contributed by atoms with Crippen LogP contribution in [0, 0.1) is 0 Å².